The van der Waals surface area contributed by atoms with E-state index in [1.54, 1.807) is 48.5 Å². The van der Waals surface area contributed by atoms with Crippen LogP contribution < -0.4 is 33.2 Å². The first-order valence-electron chi connectivity index (χ1n) is 9.26. The minimum Gasteiger partial charge on any atom is -0.398 e. The Kier molecular flexibility index (Phi) is 8.18. The first kappa shape index (κ1) is 22.2. The molecule has 0 saturated heterocycles. The van der Waals surface area contributed by atoms with Crippen molar-refractivity contribution in [2.24, 2.45) is 0 Å². The van der Waals surface area contributed by atoms with Crippen molar-refractivity contribution in [1.82, 2.24) is 21.7 Å². The van der Waals surface area contributed by atoms with E-state index in [-0.39, 0.29) is 24.0 Å². The zero-order valence-corrected chi connectivity index (χ0v) is 16.2. The van der Waals surface area contributed by atoms with Gasteiger partial charge in [0, 0.05) is 24.2 Å². The second-order valence-corrected chi connectivity index (χ2v) is 6.39. The lowest BCUT2D eigenvalue weighted by Gasteiger charge is -2.09. The smallest absolute Gasteiger partial charge is 0.271 e. The van der Waals surface area contributed by atoms with Gasteiger partial charge in [0.25, 0.3) is 11.8 Å². The van der Waals surface area contributed by atoms with Crippen molar-refractivity contribution in [2.45, 2.75) is 25.7 Å². The van der Waals surface area contributed by atoms with Crippen molar-refractivity contribution >= 4 is 35.0 Å². The molecule has 0 saturated carbocycles. The summed E-state index contributed by atoms with van der Waals surface area (Å²) in [6, 6.07) is 13.0. The monoisotopic (exact) mass is 412 g/mol. The van der Waals surface area contributed by atoms with E-state index in [0.717, 1.165) is 0 Å². The number of amides is 4. The normalized spacial score (nSPS) is 10.0. The fourth-order valence-electron chi connectivity index (χ4n) is 2.49. The fraction of sp³-hybridized carbons (Fsp3) is 0.200. The molecule has 0 aliphatic rings. The van der Waals surface area contributed by atoms with Crippen molar-refractivity contribution < 1.29 is 19.2 Å². The second kappa shape index (κ2) is 11.1. The molecule has 8 N–H and O–H groups in total. The number of para-hydroxylation sites is 2. The first-order valence-corrected chi connectivity index (χ1v) is 9.26. The number of nitrogen functional groups attached to an aromatic ring is 2. The van der Waals surface area contributed by atoms with Gasteiger partial charge < -0.3 is 11.5 Å². The summed E-state index contributed by atoms with van der Waals surface area (Å²) >= 11 is 0. The number of anilines is 2. The lowest BCUT2D eigenvalue weighted by molar-refractivity contribution is -0.123. The van der Waals surface area contributed by atoms with E-state index < -0.39 is 23.6 Å². The van der Waals surface area contributed by atoms with Gasteiger partial charge in [-0.15, -0.1) is 0 Å². The van der Waals surface area contributed by atoms with Gasteiger partial charge in [0.2, 0.25) is 11.8 Å². The maximum atomic E-state index is 11.9. The molecule has 2 rings (SSSR count). The molecule has 10 nitrogen and oxygen atoms in total. The summed E-state index contributed by atoms with van der Waals surface area (Å²) in [6.07, 6.45) is 1.07. The Labute approximate surface area is 173 Å². The third-order valence-electron chi connectivity index (χ3n) is 4.10. The number of hydrogen-bond donors (Lipinski definition) is 6. The number of nitrogens with two attached hydrogens (primary N) is 2. The maximum Gasteiger partial charge on any atom is 0.271 e. The van der Waals surface area contributed by atoms with Gasteiger partial charge in [-0.2, -0.15) is 0 Å². The van der Waals surface area contributed by atoms with E-state index >= 15 is 0 Å². The minimum absolute atomic E-state index is 0.116. The molecular formula is C20H24N6O4. The van der Waals surface area contributed by atoms with Crippen LogP contribution in [0.4, 0.5) is 11.4 Å². The van der Waals surface area contributed by atoms with E-state index in [2.05, 4.69) is 21.7 Å². The first-order chi connectivity index (χ1) is 14.4. The van der Waals surface area contributed by atoms with E-state index in [4.69, 9.17) is 11.5 Å². The van der Waals surface area contributed by atoms with Crippen LogP contribution in [0.1, 0.15) is 46.4 Å². The third-order valence-corrected chi connectivity index (χ3v) is 4.10. The Bertz CT molecular complexity index is 856. The number of benzene rings is 2. The highest BCUT2D eigenvalue weighted by Gasteiger charge is 2.11. The van der Waals surface area contributed by atoms with Gasteiger partial charge in [-0.1, -0.05) is 24.3 Å². The van der Waals surface area contributed by atoms with Crippen LogP contribution in [0.3, 0.4) is 0 Å². The largest absolute Gasteiger partial charge is 0.398 e. The van der Waals surface area contributed by atoms with Crippen molar-refractivity contribution in [3.8, 4) is 0 Å². The molecule has 0 atom stereocenters. The van der Waals surface area contributed by atoms with E-state index in [9.17, 15) is 19.2 Å². The van der Waals surface area contributed by atoms with Crippen LogP contribution in [0, 0.1) is 0 Å². The van der Waals surface area contributed by atoms with Crippen molar-refractivity contribution in [1.29, 1.82) is 0 Å². The summed E-state index contributed by atoms with van der Waals surface area (Å²) in [4.78, 5) is 47.4. The molecule has 0 fully saturated rings. The van der Waals surface area contributed by atoms with Crippen LogP contribution in [0.2, 0.25) is 0 Å². The molecule has 0 heterocycles. The molecule has 0 spiro atoms. The highest BCUT2D eigenvalue weighted by atomic mass is 16.2. The average molecular weight is 412 g/mol. The summed E-state index contributed by atoms with van der Waals surface area (Å²) in [5.41, 5.74) is 21.7. The Balaban J connectivity index is 1.60. The summed E-state index contributed by atoms with van der Waals surface area (Å²) in [5.74, 6) is -1.83. The molecule has 0 bridgehead atoms. The van der Waals surface area contributed by atoms with Gasteiger partial charge in [-0.25, -0.2) is 0 Å². The van der Waals surface area contributed by atoms with Crippen LogP contribution in [-0.4, -0.2) is 23.6 Å². The predicted molar refractivity (Wildman–Crippen MR) is 111 cm³/mol. The number of unbranched alkanes of at least 4 members (excludes halogenated alkanes) is 1. The third kappa shape index (κ3) is 6.82. The minimum atomic E-state index is -0.518. The topological polar surface area (TPSA) is 168 Å². The number of carbonyl (C=O) groups excluding carboxylic acids is 4. The van der Waals surface area contributed by atoms with Gasteiger partial charge >= 0.3 is 0 Å². The Morgan fingerprint density at radius 2 is 0.967 bits per heavy atom. The van der Waals surface area contributed by atoms with Gasteiger partial charge in [0.05, 0.1) is 11.1 Å². The quantitative estimate of drug-likeness (QED) is 0.221. The zero-order valence-electron chi connectivity index (χ0n) is 16.2. The van der Waals surface area contributed by atoms with Crippen LogP contribution >= 0.6 is 0 Å². The second-order valence-electron chi connectivity index (χ2n) is 6.39. The molecule has 0 radical (unpaired) electrons. The summed E-state index contributed by atoms with van der Waals surface area (Å²) in [6.45, 7) is 0. The number of carbonyl (C=O) groups is 4. The Hall–Kier alpha value is -4.08. The highest BCUT2D eigenvalue weighted by Crippen LogP contribution is 2.10. The number of hydrogen-bond acceptors (Lipinski definition) is 6. The zero-order chi connectivity index (χ0) is 21.9. The van der Waals surface area contributed by atoms with Gasteiger partial charge in [0.1, 0.15) is 0 Å². The van der Waals surface area contributed by atoms with Crippen molar-refractivity contribution in [3.05, 3.63) is 59.7 Å². The SMILES string of the molecule is Nc1ccccc1C(=O)NNC(=O)CCCCC(=O)NNC(=O)c1ccccc1N. The van der Waals surface area contributed by atoms with Crippen LogP contribution in [0.25, 0.3) is 0 Å². The molecule has 0 aliphatic heterocycles. The number of hydrazine groups is 2. The van der Waals surface area contributed by atoms with Gasteiger partial charge in [0.15, 0.2) is 0 Å². The summed E-state index contributed by atoms with van der Waals surface area (Å²) < 4.78 is 0. The predicted octanol–water partition coefficient (Wildman–Crippen LogP) is 0.634. The molecule has 0 unspecified atom stereocenters. The van der Waals surface area contributed by atoms with Crippen LogP contribution in [0.15, 0.2) is 48.5 Å². The molecule has 0 aromatic heterocycles. The molecule has 0 aliphatic carbocycles. The lowest BCUT2D eigenvalue weighted by atomic mass is 10.1. The maximum absolute atomic E-state index is 11.9. The van der Waals surface area contributed by atoms with E-state index in [1.165, 1.54) is 0 Å². The number of rotatable bonds is 7. The molecule has 10 heteroatoms. The van der Waals surface area contributed by atoms with Crippen molar-refractivity contribution in [3.63, 3.8) is 0 Å². The average Bonchev–Trinajstić information content (AvgIpc) is 2.74. The van der Waals surface area contributed by atoms with E-state index in [0.29, 0.717) is 24.2 Å². The fourth-order valence-corrected chi connectivity index (χ4v) is 2.49. The molecule has 158 valence electrons. The molecular weight excluding hydrogens is 388 g/mol. The molecule has 2 aromatic rings. The van der Waals surface area contributed by atoms with E-state index in [1.807, 2.05) is 0 Å². The van der Waals surface area contributed by atoms with Crippen LogP contribution in [-0.2, 0) is 9.59 Å². The molecule has 30 heavy (non-hydrogen) atoms. The van der Waals surface area contributed by atoms with Gasteiger partial charge in [-0.05, 0) is 37.1 Å². The molecule has 2 aromatic carbocycles. The summed E-state index contributed by atoms with van der Waals surface area (Å²) in [7, 11) is 0. The van der Waals surface area contributed by atoms with Crippen LogP contribution in [0.5, 0.6) is 0 Å². The molecule has 4 amide bonds. The van der Waals surface area contributed by atoms with Crippen molar-refractivity contribution in [2.75, 3.05) is 11.5 Å². The summed E-state index contributed by atoms with van der Waals surface area (Å²) in [5, 5.41) is 0. The highest BCUT2D eigenvalue weighted by molar-refractivity contribution is 6.00. The van der Waals surface area contributed by atoms with Gasteiger partial charge in [-0.3, -0.25) is 40.9 Å². The standard InChI is InChI=1S/C20H24N6O4/c21-15-9-3-1-7-13(15)19(29)25-23-17(27)11-5-6-12-18(28)24-26-20(30)14-8-2-4-10-16(14)22/h1-4,7-10H,5-6,11-12,21-22H2,(H,23,27)(H,24,28)(H,25,29)(H,26,30). The Morgan fingerprint density at radius 3 is 1.33 bits per heavy atom. The number of nitrogens with one attached hydrogen (secondary N) is 4. The Morgan fingerprint density at radius 1 is 0.600 bits per heavy atom. The lowest BCUT2D eigenvalue weighted by Crippen LogP contribution is -2.42.